The normalized spacial score (nSPS) is 14.6. The van der Waals surface area contributed by atoms with E-state index in [4.69, 9.17) is 9.47 Å². The summed E-state index contributed by atoms with van der Waals surface area (Å²) in [5.74, 6) is -3.96. The molecule has 1 atom stereocenters. The van der Waals surface area contributed by atoms with Gasteiger partial charge in [0.2, 0.25) is 5.88 Å². The Morgan fingerprint density at radius 3 is 2.51 bits per heavy atom. The summed E-state index contributed by atoms with van der Waals surface area (Å²) >= 11 is 0. The van der Waals surface area contributed by atoms with Crippen LogP contribution >= 0.6 is 0 Å². The number of imidazole rings is 1. The van der Waals surface area contributed by atoms with Crippen LogP contribution in [0.2, 0.25) is 0 Å². The van der Waals surface area contributed by atoms with Crippen LogP contribution in [0.1, 0.15) is 39.3 Å². The van der Waals surface area contributed by atoms with Crippen molar-refractivity contribution in [3.8, 4) is 17.1 Å². The van der Waals surface area contributed by atoms with Crippen LogP contribution in [0.5, 0.6) is 5.88 Å². The van der Waals surface area contributed by atoms with Crippen LogP contribution in [-0.4, -0.2) is 38.3 Å². The summed E-state index contributed by atoms with van der Waals surface area (Å²) in [7, 11) is 0. The first kappa shape index (κ1) is 28.4. The highest BCUT2D eigenvalue weighted by Crippen LogP contribution is 2.30. The van der Waals surface area contributed by atoms with Crippen molar-refractivity contribution in [3.63, 3.8) is 0 Å². The van der Waals surface area contributed by atoms with E-state index in [0.717, 1.165) is 23.8 Å². The van der Waals surface area contributed by atoms with Crippen LogP contribution in [0.25, 0.3) is 22.3 Å². The van der Waals surface area contributed by atoms with Crippen LogP contribution < -0.4 is 4.74 Å². The number of benzene rings is 3. The van der Waals surface area contributed by atoms with Gasteiger partial charge >= 0.3 is 5.97 Å². The second-order valence-electron chi connectivity index (χ2n) is 10.4. The van der Waals surface area contributed by atoms with Crippen LogP contribution in [-0.2, 0) is 24.3 Å². The highest BCUT2D eigenvalue weighted by Gasteiger charge is 2.26. The van der Waals surface area contributed by atoms with Crippen LogP contribution in [0.15, 0.2) is 60.7 Å². The predicted molar refractivity (Wildman–Crippen MR) is 149 cm³/mol. The molecule has 1 aliphatic heterocycles. The lowest BCUT2D eigenvalue weighted by Gasteiger charge is -2.27. The van der Waals surface area contributed by atoms with E-state index in [1.165, 1.54) is 28.8 Å². The van der Waals surface area contributed by atoms with Gasteiger partial charge in [0.15, 0.2) is 5.82 Å². The second-order valence-corrected chi connectivity index (χ2v) is 10.4. The van der Waals surface area contributed by atoms with Gasteiger partial charge in [-0.2, -0.15) is 0 Å². The molecular weight excluding hydrogens is 566 g/mol. The van der Waals surface area contributed by atoms with Gasteiger partial charge in [-0.3, -0.25) is 0 Å². The summed E-state index contributed by atoms with van der Waals surface area (Å²) in [4.78, 5) is 20.2. The smallest absolute Gasteiger partial charge is 0.338 e. The zero-order valence-corrected chi connectivity index (χ0v) is 22.9. The van der Waals surface area contributed by atoms with Crippen molar-refractivity contribution >= 4 is 17.0 Å². The number of aromatic nitrogens is 3. The Morgan fingerprint density at radius 2 is 1.79 bits per heavy atom. The third-order valence-electron chi connectivity index (χ3n) is 7.40. The van der Waals surface area contributed by atoms with Crippen LogP contribution in [0.4, 0.5) is 17.6 Å². The Hall–Kier alpha value is -4.77. The van der Waals surface area contributed by atoms with Gasteiger partial charge in [-0.15, -0.1) is 0 Å². The van der Waals surface area contributed by atoms with Crippen molar-refractivity contribution in [2.75, 3.05) is 6.61 Å². The second kappa shape index (κ2) is 11.5. The Balaban J connectivity index is 1.29. The molecule has 1 aliphatic rings. The maximum atomic E-state index is 15.4. The lowest BCUT2D eigenvalue weighted by Crippen LogP contribution is -2.32. The fourth-order valence-electron chi connectivity index (χ4n) is 5.02. The minimum absolute atomic E-state index is 0.0329. The van der Waals surface area contributed by atoms with Gasteiger partial charge in [-0.05, 0) is 60.9 Å². The summed E-state index contributed by atoms with van der Waals surface area (Å²) in [5.41, 5.74) is 0.715. The molecule has 43 heavy (non-hydrogen) atoms. The number of nitrogens with zero attached hydrogens (tertiary/aromatic N) is 3. The van der Waals surface area contributed by atoms with E-state index in [0.29, 0.717) is 18.6 Å². The molecule has 0 amide bonds. The van der Waals surface area contributed by atoms with Crippen LogP contribution in [0.3, 0.4) is 0 Å². The van der Waals surface area contributed by atoms with Crippen molar-refractivity contribution in [1.82, 2.24) is 14.5 Å². The van der Waals surface area contributed by atoms with Crippen molar-refractivity contribution in [3.05, 3.63) is 112 Å². The number of fused-ring (bicyclic) bond motifs is 1. The minimum Gasteiger partial charge on any atom is -0.478 e. The first-order chi connectivity index (χ1) is 20.7. The Kier molecular flexibility index (Phi) is 7.57. The standard InChI is InChI=1S/C32H25F4N3O4/c1-17-5-6-18(23(33)11-17)16-43-29-4-2-3-26(38-29)22-14-24(34)19(12-25(22)35)13-28-37-27-8-7-21(32(40)41)30(36)31(27)39(28)15-20-9-10-42-20/h2-8,11-12,14,20H,9-10,13,15-16H2,1H3,(H,40,41)/t20-/m0/s1. The molecular formula is C32H25F4N3O4. The van der Waals surface area contributed by atoms with Gasteiger partial charge in [-0.25, -0.2) is 32.3 Å². The molecule has 2 aromatic heterocycles. The molecule has 3 aromatic carbocycles. The topological polar surface area (TPSA) is 86.5 Å². The lowest BCUT2D eigenvalue weighted by molar-refractivity contribution is -0.0590. The molecule has 1 N–H and O–H groups in total. The number of carbonyl (C=O) groups is 1. The average molecular weight is 592 g/mol. The first-order valence-electron chi connectivity index (χ1n) is 13.5. The maximum absolute atomic E-state index is 15.4. The van der Waals surface area contributed by atoms with E-state index in [9.17, 15) is 14.3 Å². The highest BCUT2D eigenvalue weighted by molar-refractivity contribution is 5.93. The zero-order chi connectivity index (χ0) is 30.2. The van der Waals surface area contributed by atoms with Gasteiger partial charge in [0.05, 0.1) is 29.4 Å². The fourth-order valence-corrected chi connectivity index (χ4v) is 5.02. The van der Waals surface area contributed by atoms with Crippen molar-refractivity contribution in [2.24, 2.45) is 0 Å². The molecule has 0 spiro atoms. The predicted octanol–water partition coefficient (Wildman–Crippen LogP) is 6.62. The molecule has 220 valence electrons. The number of halogens is 4. The highest BCUT2D eigenvalue weighted by atomic mass is 19.1. The number of carboxylic acid groups (broad SMARTS) is 1. The third kappa shape index (κ3) is 5.68. The third-order valence-corrected chi connectivity index (χ3v) is 7.40. The molecule has 11 heteroatoms. The van der Waals surface area contributed by atoms with Gasteiger partial charge < -0.3 is 19.1 Å². The number of rotatable bonds is 9. The summed E-state index contributed by atoms with van der Waals surface area (Å²) in [6.45, 7) is 2.39. The van der Waals surface area contributed by atoms with Gasteiger partial charge in [-0.1, -0.05) is 18.2 Å². The van der Waals surface area contributed by atoms with Gasteiger partial charge in [0.1, 0.15) is 35.4 Å². The first-order valence-corrected chi connectivity index (χ1v) is 13.5. The number of carboxylic acids is 1. The molecule has 1 saturated heterocycles. The molecule has 1 fully saturated rings. The van der Waals surface area contributed by atoms with E-state index in [1.54, 1.807) is 25.1 Å². The van der Waals surface area contributed by atoms with Crippen molar-refractivity contribution < 1.29 is 36.9 Å². The Labute approximate surface area is 243 Å². The number of aryl methyl sites for hydroxylation is 1. The molecule has 0 aliphatic carbocycles. The number of hydrogen-bond acceptors (Lipinski definition) is 5. The molecule has 0 saturated carbocycles. The number of hydrogen-bond donors (Lipinski definition) is 1. The van der Waals surface area contributed by atoms with Crippen LogP contribution in [0, 0.1) is 30.2 Å². The number of pyridine rings is 1. The Bertz CT molecular complexity index is 1870. The SMILES string of the molecule is Cc1ccc(COc2cccc(-c3cc(F)c(Cc4nc5ccc(C(=O)O)c(F)c5n4C[C@@H]4CCO4)cc3F)n2)c(F)c1. The van der Waals surface area contributed by atoms with Gasteiger partial charge in [0.25, 0.3) is 0 Å². The zero-order valence-electron chi connectivity index (χ0n) is 22.9. The van der Waals surface area contributed by atoms with Crippen molar-refractivity contribution in [1.29, 1.82) is 0 Å². The lowest BCUT2D eigenvalue weighted by atomic mass is 10.0. The molecule has 5 aromatic rings. The number of ether oxygens (including phenoxy) is 2. The van der Waals surface area contributed by atoms with E-state index < -0.39 is 34.8 Å². The van der Waals surface area contributed by atoms with E-state index >= 15 is 13.2 Å². The molecule has 0 unspecified atom stereocenters. The molecule has 3 heterocycles. The monoisotopic (exact) mass is 591 g/mol. The van der Waals surface area contributed by atoms with Crippen molar-refractivity contribution in [2.45, 2.75) is 39.0 Å². The number of aromatic carboxylic acids is 1. The quantitative estimate of drug-likeness (QED) is 0.194. The summed E-state index contributed by atoms with van der Waals surface area (Å²) in [5, 5.41) is 9.39. The molecule has 0 radical (unpaired) electrons. The average Bonchev–Trinajstić information content (AvgIpc) is 3.29. The summed E-state index contributed by atoms with van der Waals surface area (Å²) in [6.07, 6.45) is 0.286. The Morgan fingerprint density at radius 1 is 1.00 bits per heavy atom. The molecule has 6 rings (SSSR count). The van der Waals surface area contributed by atoms with E-state index in [2.05, 4.69) is 9.97 Å². The van der Waals surface area contributed by atoms with E-state index in [1.807, 2.05) is 0 Å². The van der Waals surface area contributed by atoms with Gasteiger partial charge in [0, 0.05) is 30.2 Å². The summed E-state index contributed by atoms with van der Waals surface area (Å²) < 4.78 is 72.9. The summed E-state index contributed by atoms with van der Waals surface area (Å²) in [6, 6.07) is 13.9. The molecule has 7 nitrogen and oxygen atoms in total. The van der Waals surface area contributed by atoms with E-state index in [-0.39, 0.29) is 65.2 Å². The fraction of sp³-hybridized carbons (Fsp3) is 0.219. The minimum atomic E-state index is -1.43. The maximum Gasteiger partial charge on any atom is 0.338 e. The largest absolute Gasteiger partial charge is 0.478 e. The molecule has 0 bridgehead atoms.